The predicted molar refractivity (Wildman–Crippen MR) is 155 cm³/mol. The number of H-pyrrole nitrogens is 1. The van der Waals surface area contributed by atoms with Gasteiger partial charge in [0, 0.05) is 12.6 Å². The van der Waals surface area contributed by atoms with Crippen LogP contribution in [0.4, 0.5) is 10.2 Å². The minimum absolute atomic E-state index is 0.0551. The number of allylic oxidation sites excluding steroid dienone is 1. The van der Waals surface area contributed by atoms with E-state index >= 15 is 0 Å². The number of nitrogens with one attached hydrogen (secondary N) is 2. The van der Waals surface area contributed by atoms with Crippen molar-refractivity contribution in [3.8, 4) is 23.4 Å². The molecule has 0 bridgehead atoms. The summed E-state index contributed by atoms with van der Waals surface area (Å²) < 4.78 is 27.3. The number of ether oxygens (including phenoxy) is 2. The summed E-state index contributed by atoms with van der Waals surface area (Å²) in [6.45, 7) is 5.80. The normalized spacial score (nSPS) is 11.0. The van der Waals surface area contributed by atoms with Crippen molar-refractivity contribution >= 4 is 11.9 Å². The lowest BCUT2D eigenvalue weighted by atomic mass is 10.1. The minimum Gasteiger partial charge on any atom is -0.497 e. The molecule has 2 N–H and O–H groups in total. The van der Waals surface area contributed by atoms with Crippen LogP contribution in [0.3, 0.4) is 0 Å². The Morgan fingerprint density at radius 1 is 1.10 bits per heavy atom. The summed E-state index contributed by atoms with van der Waals surface area (Å²) in [5.74, 6) is 0.430. The van der Waals surface area contributed by atoms with E-state index in [1.165, 1.54) is 16.7 Å². The molecule has 0 saturated heterocycles. The van der Waals surface area contributed by atoms with Crippen LogP contribution in [0.1, 0.15) is 47.6 Å². The van der Waals surface area contributed by atoms with Gasteiger partial charge in [0.25, 0.3) is 5.56 Å². The molecule has 210 valence electrons. The van der Waals surface area contributed by atoms with Crippen molar-refractivity contribution in [2.45, 2.75) is 39.8 Å². The smallest absolute Gasteiger partial charge is 0.331 e. The Morgan fingerprint density at radius 3 is 2.54 bits per heavy atom. The Balaban J connectivity index is 1.70. The fourth-order valence-electron chi connectivity index (χ4n) is 4.36. The number of rotatable bonds is 10. The number of hydrogen-bond donors (Lipinski definition) is 2. The van der Waals surface area contributed by atoms with Gasteiger partial charge in [-0.1, -0.05) is 32.0 Å². The molecule has 0 saturated carbocycles. The van der Waals surface area contributed by atoms with Gasteiger partial charge >= 0.3 is 5.69 Å². The first-order valence-electron chi connectivity index (χ1n) is 12.9. The molecule has 4 rings (SSSR count). The highest BCUT2D eigenvalue weighted by atomic mass is 19.1. The second kappa shape index (κ2) is 12.8. The Morgan fingerprint density at radius 2 is 1.85 bits per heavy atom. The maximum absolute atomic E-state index is 14.6. The van der Waals surface area contributed by atoms with Crippen LogP contribution in [0, 0.1) is 24.2 Å². The maximum atomic E-state index is 14.6. The lowest BCUT2D eigenvalue weighted by Gasteiger charge is -2.19. The minimum atomic E-state index is -0.726. The molecule has 0 aliphatic rings. The molecule has 0 aliphatic heterocycles. The topological polar surface area (TPSA) is 122 Å². The van der Waals surface area contributed by atoms with Crippen molar-refractivity contribution in [3.63, 3.8) is 0 Å². The Hall–Kier alpha value is -5.17. The molecule has 0 atom stereocenters. The molecule has 0 fully saturated rings. The molecule has 0 amide bonds. The van der Waals surface area contributed by atoms with Gasteiger partial charge < -0.3 is 14.8 Å². The van der Waals surface area contributed by atoms with Crippen LogP contribution in [-0.4, -0.2) is 21.6 Å². The number of hydrogen-bond acceptors (Lipinski definition) is 7. The van der Waals surface area contributed by atoms with Gasteiger partial charge in [0.05, 0.1) is 25.3 Å². The highest BCUT2D eigenvalue weighted by Gasteiger charge is 2.21. The Labute approximate surface area is 236 Å². The SMILES string of the molecule is COc1ccc(CNc2cc(Cn3c(Oc4cc(C)cc(C=CC#N)c4)c(C(C)C)c(=O)[nH]c3=O)cc(F)n2)cc1. The summed E-state index contributed by atoms with van der Waals surface area (Å²) in [6.07, 6.45) is 2.98. The van der Waals surface area contributed by atoms with Crippen LogP contribution >= 0.6 is 0 Å². The zero-order valence-corrected chi connectivity index (χ0v) is 23.2. The fourth-order valence-corrected chi connectivity index (χ4v) is 4.36. The monoisotopic (exact) mass is 555 g/mol. The van der Waals surface area contributed by atoms with Crippen LogP contribution in [-0.2, 0) is 13.1 Å². The predicted octanol–water partition coefficient (Wildman–Crippen LogP) is 5.50. The zero-order valence-electron chi connectivity index (χ0n) is 23.2. The third-order valence-corrected chi connectivity index (χ3v) is 6.23. The summed E-state index contributed by atoms with van der Waals surface area (Å²) in [5.41, 5.74) is 1.96. The number of methoxy groups -OCH3 is 1. The number of pyridine rings is 1. The van der Waals surface area contributed by atoms with Crippen LogP contribution in [0.2, 0.25) is 0 Å². The number of nitrogens with zero attached hydrogens (tertiary/aromatic N) is 3. The van der Waals surface area contributed by atoms with Crippen LogP contribution in [0.5, 0.6) is 17.4 Å². The van der Waals surface area contributed by atoms with Gasteiger partial charge in [0.2, 0.25) is 11.8 Å². The van der Waals surface area contributed by atoms with Gasteiger partial charge in [-0.3, -0.25) is 14.3 Å². The second-order valence-electron chi connectivity index (χ2n) is 9.75. The average molecular weight is 556 g/mol. The highest BCUT2D eigenvalue weighted by Crippen LogP contribution is 2.29. The molecule has 0 spiro atoms. The first-order valence-corrected chi connectivity index (χ1v) is 12.9. The Kier molecular flexibility index (Phi) is 8.99. The number of halogens is 1. The summed E-state index contributed by atoms with van der Waals surface area (Å²) >= 11 is 0. The number of benzene rings is 2. The third-order valence-electron chi connectivity index (χ3n) is 6.23. The molecular formula is C31H30FN5O4. The fraction of sp³-hybridized carbons (Fsp3) is 0.226. The molecule has 41 heavy (non-hydrogen) atoms. The van der Waals surface area contributed by atoms with E-state index in [0.717, 1.165) is 22.4 Å². The number of aryl methyl sites for hydroxylation is 1. The van der Waals surface area contributed by atoms with E-state index in [9.17, 15) is 14.0 Å². The molecule has 10 heteroatoms. The van der Waals surface area contributed by atoms with E-state index in [1.54, 1.807) is 31.4 Å². The lowest BCUT2D eigenvalue weighted by Crippen LogP contribution is -2.34. The summed E-state index contributed by atoms with van der Waals surface area (Å²) in [4.78, 5) is 32.2. The van der Waals surface area contributed by atoms with Crippen molar-refractivity contribution in [1.29, 1.82) is 5.26 Å². The van der Waals surface area contributed by atoms with Gasteiger partial charge in [-0.05, 0) is 77.6 Å². The van der Waals surface area contributed by atoms with E-state index in [4.69, 9.17) is 14.7 Å². The van der Waals surface area contributed by atoms with Gasteiger partial charge in [-0.15, -0.1) is 0 Å². The molecule has 0 unspecified atom stereocenters. The van der Waals surface area contributed by atoms with Crippen molar-refractivity contribution in [1.82, 2.24) is 14.5 Å². The second-order valence-corrected chi connectivity index (χ2v) is 9.75. The van der Waals surface area contributed by atoms with Crippen LogP contribution < -0.4 is 26.0 Å². The van der Waals surface area contributed by atoms with E-state index in [2.05, 4.69) is 15.3 Å². The molecule has 2 heterocycles. The quantitative estimate of drug-likeness (QED) is 0.196. The third kappa shape index (κ3) is 7.28. The van der Waals surface area contributed by atoms with Crippen LogP contribution in [0.25, 0.3) is 6.08 Å². The number of nitriles is 1. The maximum Gasteiger partial charge on any atom is 0.331 e. The van der Waals surface area contributed by atoms with E-state index in [1.807, 2.05) is 57.2 Å². The lowest BCUT2D eigenvalue weighted by molar-refractivity contribution is 0.409. The molecule has 0 aliphatic carbocycles. The van der Waals surface area contributed by atoms with Gasteiger partial charge in [-0.2, -0.15) is 9.65 Å². The summed E-state index contributed by atoms with van der Waals surface area (Å²) in [7, 11) is 1.59. The first kappa shape index (κ1) is 28.8. The molecular weight excluding hydrogens is 525 g/mol. The molecule has 9 nitrogen and oxygen atoms in total. The largest absolute Gasteiger partial charge is 0.497 e. The zero-order chi connectivity index (χ0) is 29.5. The van der Waals surface area contributed by atoms with Crippen molar-refractivity contribution in [3.05, 3.63) is 115 Å². The summed E-state index contributed by atoms with van der Waals surface area (Å²) in [6, 6.07) is 17.6. The standard InChI is InChI=1S/C31H30FN5O4/c1-19(2)28-29(38)36-31(39)37(30(28)41-25-13-20(3)12-22(14-25)6-5-11-33)18-23-15-26(32)35-27(16-23)34-17-21-7-9-24(40-4)10-8-21/h5-10,12-16,19H,17-18H2,1-4H3,(H,34,35)(H,36,38,39). The number of aromatic nitrogens is 3. The molecule has 2 aromatic heterocycles. The van der Waals surface area contributed by atoms with Crippen molar-refractivity contribution in [2.24, 2.45) is 0 Å². The summed E-state index contributed by atoms with van der Waals surface area (Å²) in [5, 5.41) is 12.0. The average Bonchev–Trinajstić information content (AvgIpc) is 2.92. The van der Waals surface area contributed by atoms with E-state index in [0.29, 0.717) is 17.9 Å². The van der Waals surface area contributed by atoms with Crippen molar-refractivity contribution in [2.75, 3.05) is 12.4 Å². The molecule has 4 aromatic rings. The van der Waals surface area contributed by atoms with E-state index in [-0.39, 0.29) is 29.7 Å². The van der Waals surface area contributed by atoms with Crippen molar-refractivity contribution < 1.29 is 13.9 Å². The van der Waals surface area contributed by atoms with Gasteiger partial charge in [0.15, 0.2) is 0 Å². The first-order chi connectivity index (χ1) is 19.7. The van der Waals surface area contributed by atoms with Crippen LogP contribution in [0.15, 0.2) is 70.3 Å². The van der Waals surface area contributed by atoms with E-state index < -0.39 is 17.2 Å². The Bertz CT molecular complexity index is 1730. The number of anilines is 1. The number of aromatic amines is 1. The molecule has 0 radical (unpaired) electrons. The van der Waals surface area contributed by atoms with Gasteiger partial charge in [-0.25, -0.2) is 9.78 Å². The highest BCUT2D eigenvalue weighted by molar-refractivity contribution is 5.56. The molecule has 2 aromatic carbocycles. The van der Waals surface area contributed by atoms with Gasteiger partial charge in [0.1, 0.15) is 17.3 Å².